The van der Waals surface area contributed by atoms with Crippen molar-refractivity contribution in [2.45, 2.75) is 65.5 Å². The van der Waals surface area contributed by atoms with Gasteiger partial charge in [0.1, 0.15) is 0 Å². The Kier molecular flexibility index (Phi) is 5.05. The molecule has 2 aromatic rings. The van der Waals surface area contributed by atoms with E-state index in [1.807, 2.05) is 0 Å². The summed E-state index contributed by atoms with van der Waals surface area (Å²) in [4.78, 5) is 0. The van der Waals surface area contributed by atoms with Gasteiger partial charge in [-0.05, 0) is 22.1 Å². The maximum absolute atomic E-state index is 2.50. The van der Waals surface area contributed by atoms with E-state index in [9.17, 15) is 0 Å². The van der Waals surface area contributed by atoms with Crippen LogP contribution >= 0.6 is 0 Å². The van der Waals surface area contributed by atoms with Gasteiger partial charge in [-0.25, -0.2) is 0 Å². The van der Waals surface area contributed by atoms with Gasteiger partial charge in [0.15, 0.2) is 0 Å². The van der Waals surface area contributed by atoms with Gasteiger partial charge in [-0.1, -0.05) is 113 Å². The lowest BCUT2D eigenvalue weighted by molar-refractivity contribution is 0.591. The van der Waals surface area contributed by atoms with Crippen molar-refractivity contribution in [1.29, 1.82) is 0 Å². The third kappa shape index (κ3) is 4.09. The second-order valence-corrected chi connectivity index (χ2v) is 20.1. The van der Waals surface area contributed by atoms with Crippen LogP contribution < -0.4 is 10.4 Å². The molecule has 130 valence electrons. The molecule has 0 spiro atoms. The summed E-state index contributed by atoms with van der Waals surface area (Å²) in [5.74, 6) is 0. The number of hydrogen-bond donors (Lipinski definition) is 0. The Morgan fingerprint density at radius 1 is 0.625 bits per heavy atom. The molecular weight excluding hydrogens is 320 g/mol. The van der Waals surface area contributed by atoms with Gasteiger partial charge in [0.05, 0.1) is 16.1 Å². The van der Waals surface area contributed by atoms with Crippen LogP contribution in [0.2, 0.25) is 39.3 Å². The van der Waals surface area contributed by atoms with E-state index in [4.69, 9.17) is 0 Å². The number of hydrogen-bond acceptors (Lipinski definition) is 0. The maximum Gasteiger partial charge on any atom is 0.0784 e. The fourth-order valence-corrected chi connectivity index (χ4v) is 6.47. The monoisotopic (exact) mass is 354 g/mol. The molecule has 24 heavy (non-hydrogen) atoms. The molecule has 2 rings (SSSR count). The molecule has 0 aliphatic heterocycles. The molecule has 0 N–H and O–H groups in total. The lowest BCUT2D eigenvalue weighted by Gasteiger charge is -2.29. The fourth-order valence-electron chi connectivity index (χ4n) is 3.24. The van der Waals surface area contributed by atoms with E-state index in [1.54, 1.807) is 10.4 Å². The first-order valence-electron chi connectivity index (χ1n) is 9.07. The van der Waals surface area contributed by atoms with Crippen LogP contribution in [0.5, 0.6) is 0 Å². The normalized spacial score (nSPS) is 13.2. The Morgan fingerprint density at radius 2 is 1.12 bits per heavy atom. The quantitative estimate of drug-likeness (QED) is 0.616. The highest BCUT2D eigenvalue weighted by atomic mass is 28.3. The highest BCUT2D eigenvalue weighted by Crippen LogP contribution is 2.27. The molecule has 0 saturated carbocycles. The van der Waals surface area contributed by atoms with Crippen LogP contribution in [0, 0.1) is 0 Å². The molecule has 0 heterocycles. The predicted molar refractivity (Wildman–Crippen MR) is 117 cm³/mol. The van der Waals surface area contributed by atoms with Gasteiger partial charge < -0.3 is 0 Å². The van der Waals surface area contributed by atoms with Gasteiger partial charge in [-0.15, -0.1) is 0 Å². The largest absolute Gasteiger partial charge is 0.0784 e. The van der Waals surface area contributed by atoms with Gasteiger partial charge >= 0.3 is 0 Å². The lowest BCUT2D eigenvalue weighted by atomic mass is 9.86. The molecule has 2 aromatic carbocycles. The Labute approximate surface area is 151 Å². The van der Waals surface area contributed by atoms with E-state index >= 15 is 0 Å². The van der Waals surface area contributed by atoms with Crippen molar-refractivity contribution >= 4 is 26.5 Å². The lowest BCUT2D eigenvalue weighted by Crippen LogP contribution is -2.43. The van der Waals surface area contributed by atoms with Crippen LogP contribution in [0.25, 0.3) is 11.1 Å². The summed E-state index contributed by atoms with van der Waals surface area (Å²) in [6.07, 6.45) is 0. The third-order valence-electron chi connectivity index (χ3n) is 4.72. The first-order chi connectivity index (χ1) is 10.8. The standard InChI is InChI=1S/C22H34Si2/c1-22(2,3)17-14-15-19(21(16-17)24(7,8)9)18-12-10-11-13-20(18)23(4,5)6/h10-16H,1-9H3. The Hall–Kier alpha value is -1.13. The topological polar surface area (TPSA) is 0 Å². The van der Waals surface area contributed by atoms with Crippen LogP contribution in [0.15, 0.2) is 42.5 Å². The van der Waals surface area contributed by atoms with Crippen LogP contribution in [0.4, 0.5) is 0 Å². The first kappa shape index (κ1) is 19.2. The van der Waals surface area contributed by atoms with Crippen LogP contribution in [-0.2, 0) is 5.41 Å². The predicted octanol–water partition coefficient (Wildman–Crippen LogP) is 5.74. The van der Waals surface area contributed by atoms with Crippen molar-refractivity contribution in [3.05, 3.63) is 48.0 Å². The molecule has 0 amide bonds. The summed E-state index contributed by atoms with van der Waals surface area (Å²) in [5, 5.41) is 3.17. The summed E-state index contributed by atoms with van der Waals surface area (Å²) in [6.45, 7) is 21.7. The molecule has 0 atom stereocenters. The summed E-state index contributed by atoms with van der Waals surface area (Å²) >= 11 is 0. The zero-order chi connectivity index (χ0) is 18.3. The molecule has 0 aliphatic carbocycles. The van der Waals surface area contributed by atoms with Crippen molar-refractivity contribution in [3.63, 3.8) is 0 Å². The van der Waals surface area contributed by atoms with Crippen LogP contribution in [-0.4, -0.2) is 16.1 Å². The molecule has 0 aliphatic rings. The Morgan fingerprint density at radius 3 is 1.62 bits per heavy atom. The van der Waals surface area contributed by atoms with Gasteiger partial charge in [0, 0.05) is 0 Å². The molecule has 0 fully saturated rings. The van der Waals surface area contributed by atoms with Gasteiger partial charge in [0.2, 0.25) is 0 Å². The average molecular weight is 355 g/mol. The first-order valence-corrected chi connectivity index (χ1v) is 16.1. The fraction of sp³-hybridized carbons (Fsp3) is 0.455. The molecular formula is C22H34Si2. The molecule has 0 bridgehead atoms. The Bertz CT molecular complexity index is 723. The Balaban J connectivity index is 2.77. The van der Waals surface area contributed by atoms with Crippen molar-refractivity contribution in [2.75, 3.05) is 0 Å². The SMILES string of the molecule is CC(C)(C)c1ccc(-c2ccccc2[Si](C)(C)C)c([Si](C)(C)C)c1. The average Bonchev–Trinajstić information content (AvgIpc) is 2.44. The van der Waals surface area contributed by atoms with E-state index in [0.717, 1.165) is 0 Å². The molecule has 0 nitrogen and oxygen atoms in total. The van der Waals surface area contributed by atoms with Gasteiger partial charge in [-0.3, -0.25) is 0 Å². The molecule has 0 radical (unpaired) electrons. The zero-order valence-corrected chi connectivity index (χ0v) is 19.0. The second kappa shape index (κ2) is 6.31. The second-order valence-electron chi connectivity index (χ2n) is 10.1. The summed E-state index contributed by atoms with van der Waals surface area (Å²) in [6, 6.07) is 16.3. The highest BCUT2D eigenvalue weighted by Gasteiger charge is 2.27. The van der Waals surface area contributed by atoms with E-state index in [-0.39, 0.29) is 5.41 Å². The summed E-state index contributed by atoms with van der Waals surface area (Å²) in [5.41, 5.74) is 4.59. The molecule has 2 heteroatoms. The van der Waals surface area contributed by atoms with Gasteiger partial charge in [0.25, 0.3) is 0 Å². The van der Waals surface area contributed by atoms with Crippen LogP contribution in [0.1, 0.15) is 26.3 Å². The maximum atomic E-state index is 2.50. The van der Waals surface area contributed by atoms with E-state index in [2.05, 4.69) is 103 Å². The summed E-state index contributed by atoms with van der Waals surface area (Å²) in [7, 11) is -2.81. The molecule has 0 saturated heterocycles. The number of benzene rings is 2. The molecule has 0 unspecified atom stereocenters. The molecule has 0 aromatic heterocycles. The van der Waals surface area contributed by atoms with Crippen molar-refractivity contribution in [2.24, 2.45) is 0 Å². The van der Waals surface area contributed by atoms with Crippen molar-refractivity contribution in [3.8, 4) is 11.1 Å². The van der Waals surface area contributed by atoms with Crippen molar-refractivity contribution < 1.29 is 0 Å². The van der Waals surface area contributed by atoms with E-state index in [0.29, 0.717) is 0 Å². The smallest absolute Gasteiger partial charge is 0.0656 e. The van der Waals surface area contributed by atoms with Gasteiger partial charge in [-0.2, -0.15) is 0 Å². The number of rotatable bonds is 3. The van der Waals surface area contributed by atoms with E-state index < -0.39 is 16.1 Å². The summed E-state index contributed by atoms with van der Waals surface area (Å²) < 4.78 is 0. The zero-order valence-electron chi connectivity index (χ0n) is 17.0. The highest BCUT2D eigenvalue weighted by molar-refractivity contribution is 6.91. The minimum Gasteiger partial charge on any atom is -0.0656 e. The van der Waals surface area contributed by atoms with E-state index in [1.165, 1.54) is 16.7 Å². The minimum atomic E-state index is -1.44. The van der Waals surface area contributed by atoms with Crippen LogP contribution in [0.3, 0.4) is 0 Å². The third-order valence-corrected chi connectivity index (χ3v) is 8.80. The van der Waals surface area contributed by atoms with Crippen molar-refractivity contribution in [1.82, 2.24) is 0 Å². The minimum absolute atomic E-state index is 0.200.